The number of thioether (sulfide) groups is 1. The van der Waals surface area contributed by atoms with Crippen molar-refractivity contribution in [3.8, 4) is 0 Å². The van der Waals surface area contributed by atoms with Crippen molar-refractivity contribution >= 4 is 17.4 Å². The molecule has 1 atom stereocenters. The van der Waals surface area contributed by atoms with Crippen LogP contribution in [-0.2, 0) is 0 Å². The molecule has 0 bridgehead atoms. The Hall–Kier alpha value is -0.740. The molecular weight excluding hydrogens is 249 g/mol. The average Bonchev–Trinajstić information content (AvgIpc) is 2.27. The van der Waals surface area contributed by atoms with Crippen LogP contribution in [-0.4, -0.2) is 28.7 Å². The first-order valence-electron chi connectivity index (χ1n) is 6.25. The number of halogens is 1. The summed E-state index contributed by atoms with van der Waals surface area (Å²) in [5.41, 5.74) is 1.64. The molecule has 0 saturated carbocycles. The lowest BCUT2D eigenvalue weighted by molar-refractivity contribution is 0.199. The van der Waals surface area contributed by atoms with Crippen LogP contribution in [0.2, 0.25) is 0 Å². The molecule has 1 unspecified atom stereocenters. The van der Waals surface area contributed by atoms with E-state index in [2.05, 4.69) is 18.7 Å². The summed E-state index contributed by atoms with van der Waals surface area (Å²) >= 11 is 1.96. The molecule has 1 aliphatic rings. The van der Waals surface area contributed by atoms with E-state index in [1.54, 1.807) is 13.0 Å². The lowest BCUT2D eigenvalue weighted by atomic mass is 10.1. The van der Waals surface area contributed by atoms with Gasteiger partial charge in [0, 0.05) is 34.8 Å². The van der Waals surface area contributed by atoms with Gasteiger partial charge in [0.1, 0.15) is 5.82 Å². The maximum atomic E-state index is 13.3. The Bertz CT molecular complexity index is 434. The summed E-state index contributed by atoms with van der Waals surface area (Å²) in [6.07, 6.45) is -0.645. The van der Waals surface area contributed by atoms with Crippen LogP contribution in [0.25, 0.3) is 0 Å². The van der Waals surface area contributed by atoms with Gasteiger partial charge >= 0.3 is 0 Å². The van der Waals surface area contributed by atoms with E-state index in [0.29, 0.717) is 5.56 Å². The fourth-order valence-electron chi connectivity index (χ4n) is 2.37. The van der Waals surface area contributed by atoms with Gasteiger partial charge in [-0.2, -0.15) is 11.8 Å². The molecule has 1 fully saturated rings. The van der Waals surface area contributed by atoms with E-state index in [-0.39, 0.29) is 10.6 Å². The van der Waals surface area contributed by atoms with E-state index in [9.17, 15) is 9.50 Å². The van der Waals surface area contributed by atoms with Crippen LogP contribution in [0.3, 0.4) is 0 Å². The van der Waals surface area contributed by atoms with Crippen molar-refractivity contribution in [1.29, 1.82) is 0 Å². The molecule has 0 aliphatic carbocycles. The first-order chi connectivity index (χ1) is 8.39. The van der Waals surface area contributed by atoms with Crippen LogP contribution in [0.5, 0.6) is 0 Å². The van der Waals surface area contributed by atoms with Crippen LogP contribution < -0.4 is 4.90 Å². The highest BCUT2D eigenvalue weighted by Gasteiger charge is 2.28. The third-order valence-electron chi connectivity index (χ3n) is 3.21. The van der Waals surface area contributed by atoms with Crippen molar-refractivity contribution in [2.75, 3.05) is 23.7 Å². The van der Waals surface area contributed by atoms with Gasteiger partial charge in [-0.25, -0.2) is 4.39 Å². The maximum absolute atomic E-state index is 13.3. The first kappa shape index (κ1) is 13.7. The van der Waals surface area contributed by atoms with Crippen LogP contribution in [0, 0.1) is 5.82 Å². The molecule has 4 heteroatoms. The van der Waals surface area contributed by atoms with Crippen LogP contribution in [0.4, 0.5) is 10.1 Å². The van der Waals surface area contributed by atoms with E-state index in [1.165, 1.54) is 12.1 Å². The fourth-order valence-corrected chi connectivity index (χ4v) is 3.48. The predicted octanol–water partition coefficient (Wildman–Crippen LogP) is 3.21. The zero-order chi connectivity index (χ0) is 13.3. The van der Waals surface area contributed by atoms with Gasteiger partial charge in [-0.05, 0) is 39.0 Å². The summed E-state index contributed by atoms with van der Waals surface area (Å²) in [6.45, 7) is 7.98. The van der Waals surface area contributed by atoms with Gasteiger partial charge in [0.15, 0.2) is 0 Å². The SMILES string of the molecule is CC(O)c1cc(F)ccc1N1CCSC(C)(C)C1. The molecule has 1 aromatic carbocycles. The summed E-state index contributed by atoms with van der Waals surface area (Å²) in [5, 5.41) is 9.79. The summed E-state index contributed by atoms with van der Waals surface area (Å²) in [4.78, 5) is 2.25. The number of hydrogen-bond acceptors (Lipinski definition) is 3. The minimum atomic E-state index is -0.645. The Morgan fingerprint density at radius 2 is 2.17 bits per heavy atom. The van der Waals surface area contributed by atoms with Gasteiger partial charge in [-0.1, -0.05) is 0 Å². The lowest BCUT2D eigenvalue weighted by Gasteiger charge is -2.40. The van der Waals surface area contributed by atoms with Crippen molar-refractivity contribution < 1.29 is 9.50 Å². The monoisotopic (exact) mass is 269 g/mol. The maximum Gasteiger partial charge on any atom is 0.123 e. The number of aliphatic hydroxyl groups is 1. The molecule has 2 nitrogen and oxygen atoms in total. The summed E-state index contributed by atoms with van der Waals surface area (Å²) < 4.78 is 13.5. The number of nitrogens with zero attached hydrogens (tertiary/aromatic N) is 1. The van der Waals surface area contributed by atoms with E-state index in [4.69, 9.17) is 0 Å². The Kier molecular flexibility index (Phi) is 3.87. The smallest absolute Gasteiger partial charge is 0.123 e. The molecule has 1 aromatic rings. The predicted molar refractivity (Wildman–Crippen MR) is 75.8 cm³/mol. The second kappa shape index (κ2) is 5.10. The van der Waals surface area contributed by atoms with Gasteiger partial charge in [0.05, 0.1) is 6.10 Å². The zero-order valence-corrected chi connectivity index (χ0v) is 11.9. The average molecular weight is 269 g/mol. The highest BCUT2D eigenvalue weighted by Crippen LogP contribution is 2.35. The van der Waals surface area contributed by atoms with E-state index in [1.807, 2.05) is 11.8 Å². The van der Waals surface area contributed by atoms with Crippen LogP contribution >= 0.6 is 11.8 Å². The molecule has 1 heterocycles. The summed E-state index contributed by atoms with van der Waals surface area (Å²) in [5.74, 6) is 0.768. The minimum Gasteiger partial charge on any atom is -0.389 e. The third-order valence-corrected chi connectivity index (χ3v) is 4.50. The zero-order valence-electron chi connectivity index (χ0n) is 11.1. The van der Waals surface area contributed by atoms with Crippen LogP contribution in [0.15, 0.2) is 18.2 Å². The van der Waals surface area contributed by atoms with Gasteiger partial charge in [-0.3, -0.25) is 0 Å². The second-order valence-electron chi connectivity index (χ2n) is 5.41. The molecular formula is C14H20FNOS. The molecule has 1 N–H and O–H groups in total. The van der Waals surface area contributed by atoms with Crippen molar-refractivity contribution in [2.45, 2.75) is 31.6 Å². The Labute approximate surface area is 112 Å². The molecule has 0 amide bonds. The number of aliphatic hydroxyl groups excluding tert-OH is 1. The van der Waals surface area contributed by atoms with Crippen molar-refractivity contribution in [2.24, 2.45) is 0 Å². The van der Waals surface area contributed by atoms with Gasteiger partial charge < -0.3 is 10.0 Å². The Morgan fingerprint density at radius 3 is 2.78 bits per heavy atom. The third kappa shape index (κ3) is 2.98. The molecule has 1 saturated heterocycles. The molecule has 1 aliphatic heterocycles. The highest BCUT2D eigenvalue weighted by molar-refractivity contribution is 8.00. The van der Waals surface area contributed by atoms with Crippen molar-refractivity contribution in [3.63, 3.8) is 0 Å². The first-order valence-corrected chi connectivity index (χ1v) is 7.24. The van der Waals surface area contributed by atoms with Crippen LogP contribution in [0.1, 0.15) is 32.4 Å². The lowest BCUT2D eigenvalue weighted by Crippen LogP contribution is -2.43. The highest BCUT2D eigenvalue weighted by atomic mass is 32.2. The summed E-state index contributed by atoms with van der Waals surface area (Å²) in [7, 11) is 0. The standard InChI is InChI=1S/C14H20FNOS/c1-10(17)12-8-11(15)4-5-13(12)16-6-7-18-14(2,3)9-16/h4-5,8,10,17H,6-7,9H2,1-3H3. The van der Waals surface area contributed by atoms with Crippen molar-refractivity contribution in [3.05, 3.63) is 29.6 Å². The van der Waals surface area contributed by atoms with Gasteiger partial charge in [0.25, 0.3) is 0 Å². The fraction of sp³-hybridized carbons (Fsp3) is 0.571. The normalized spacial score (nSPS) is 20.8. The van der Waals surface area contributed by atoms with Gasteiger partial charge in [0.2, 0.25) is 0 Å². The Morgan fingerprint density at radius 1 is 1.44 bits per heavy atom. The van der Waals surface area contributed by atoms with E-state index < -0.39 is 6.10 Å². The minimum absolute atomic E-state index is 0.197. The number of benzene rings is 1. The molecule has 2 rings (SSSR count). The Balaban J connectivity index is 2.32. The van der Waals surface area contributed by atoms with Crippen molar-refractivity contribution in [1.82, 2.24) is 0 Å². The summed E-state index contributed by atoms with van der Waals surface area (Å²) in [6, 6.07) is 4.69. The topological polar surface area (TPSA) is 23.5 Å². The molecule has 100 valence electrons. The van der Waals surface area contributed by atoms with Gasteiger partial charge in [-0.15, -0.1) is 0 Å². The van der Waals surface area contributed by atoms with E-state index >= 15 is 0 Å². The number of anilines is 1. The number of rotatable bonds is 2. The van der Waals surface area contributed by atoms with E-state index in [0.717, 1.165) is 24.5 Å². The molecule has 18 heavy (non-hydrogen) atoms. The molecule has 0 aromatic heterocycles. The number of hydrogen-bond donors (Lipinski definition) is 1. The quantitative estimate of drug-likeness (QED) is 0.892. The largest absolute Gasteiger partial charge is 0.389 e. The molecule has 0 radical (unpaired) electrons. The second-order valence-corrected chi connectivity index (χ2v) is 7.21. The molecule has 0 spiro atoms.